The van der Waals surface area contributed by atoms with E-state index in [9.17, 15) is 10.2 Å². The van der Waals surface area contributed by atoms with Crippen LogP contribution in [0.1, 0.15) is 36.6 Å². The Kier molecular flexibility index (Phi) is 2.83. The number of nitrogens with two attached hydrogens (primary N) is 1. The molecule has 0 aliphatic carbocycles. The number of aliphatic hydroxyl groups is 1. The molecule has 0 aromatic heterocycles. The van der Waals surface area contributed by atoms with Gasteiger partial charge >= 0.3 is 0 Å². The minimum Gasteiger partial charge on any atom is -0.504 e. The fraction of sp³-hybridized carbons (Fsp3) is 0.571. The van der Waals surface area contributed by atoms with E-state index in [1.54, 1.807) is 0 Å². The number of hydrogen-bond acceptors (Lipinski definition) is 5. The van der Waals surface area contributed by atoms with Gasteiger partial charge in [-0.15, -0.1) is 0 Å². The molecule has 19 heavy (non-hydrogen) atoms. The molecule has 0 fully saturated rings. The van der Waals surface area contributed by atoms with Crippen molar-refractivity contribution in [2.24, 2.45) is 5.73 Å². The van der Waals surface area contributed by atoms with E-state index in [1.165, 1.54) is 0 Å². The quantitative estimate of drug-likeness (QED) is 0.743. The van der Waals surface area contributed by atoms with Crippen molar-refractivity contribution in [1.29, 1.82) is 0 Å². The second-order valence-electron chi connectivity index (χ2n) is 5.43. The van der Waals surface area contributed by atoms with Crippen LogP contribution in [-0.2, 0) is 12.8 Å². The van der Waals surface area contributed by atoms with Gasteiger partial charge in [0.1, 0.15) is 18.0 Å². The van der Waals surface area contributed by atoms with Crippen LogP contribution in [0.2, 0.25) is 0 Å². The number of phenolic OH excluding ortho intramolecular Hbond substituents is 1. The molecule has 5 heteroatoms. The fourth-order valence-corrected chi connectivity index (χ4v) is 3.01. The van der Waals surface area contributed by atoms with Crippen molar-refractivity contribution in [2.75, 3.05) is 6.61 Å². The molecule has 3 rings (SSSR count). The summed E-state index contributed by atoms with van der Waals surface area (Å²) in [4.78, 5) is 0. The van der Waals surface area contributed by atoms with E-state index in [0.717, 1.165) is 16.7 Å². The summed E-state index contributed by atoms with van der Waals surface area (Å²) in [7, 11) is 0. The molecule has 5 nitrogen and oxygen atoms in total. The van der Waals surface area contributed by atoms with Crippen molar-refractivity contribution in [3.63, 3.8) is 0 Å². The van der Waals surface area contributed by atoms with Gasteiger partial charge in [0.15, 0.2) is 11.5 Å². The summed E-state index contributed by atoms with van der Waals surface area (Å²) >= 11 is 0. The Balaban J connectivity index is 2.23. The van der Waals surface area contributed by atoms with Crippen molar-refractivity contribution >= 4 is 0 Å². The molecule has 0 saturated carbocycles. The average Bonchev–Trinajstić information content (AvgIpc) is 2.92. The normalized spacial score (nSPS) is 25.5. The van der Waals surface area contributed by atoms with Crippen LogP contribution in [-0.4, -0.2) is 29.0 Å². The molecule has 3 atom stereocenters. The van der Waals surface area contributed by atoms with Gasteiger partial charge in [0.25, 0.3) is 0 Å². The van der Waals surface area contributed by atoms with Crippen molar-refractivity contribution in [3.05, 3.63) is 16.7 Å². The molecule has 104 valence electrons. The van der Waals surface area contributed by atoms with E-state index in [1.807, 2.05) is 13.8 Å². The van der Waals surface area contributed by atoms with Crippen LogP contribution in [0.4, 0.5) is 0 Å². The van der Waals surface area contributed by atoms with Crippen LogP contribution in [0.3, 0.4) is 0 Å². The van der Waals surface area contributed by atoms with Crippen LogP contribution in [0.5, 0.6) is 17.2 Å². The third kappa shape index (κ3) is 1.76. The Hall–Kier alpha value is -1.46. The molecular formula is C14H19NO4. The van der Waals surface area contributed by atoms with Crippen LogP contribution in [0.15, 0.2) is 0 Å². The zero-order valence-corrected chi connectivity index (χ0v) is 11.1. The third-order valence-corrected chi connectivity index (χ3v) is 3.81. The van der Waals surface area contributed by atoms with Crippen molar-refractivity contribution in [3.8, 4) is 17.2 Å². The van der Waals surface area contributed by atoms with E-state index in [2.05, 4.69) is 0 Å². The van der Waals surface area contributed by atoms with Gasteiger partial charge in [-0.05, 0) is 13.8 Å². The van der Waals surface area contributed by atoms with E-state index < -0.39 is 6.04 Å². The molecule has 4 N–H and O–H groups in total. The van der Waals surface area contributed by atoms with Crippen LogP contribution in [0.25, 0.3) is 0 Å². The first-order valence-electron chi connectivity index (χ1n) is 6.63. The number of aromatic hydroxyl groups is 1. The van der Waals surface area contributed by atoms with Gasteiger partial charge in [-0.25, -0.2) is 0 Å². The van der Waals surface area contributed by atoms with Crippen molar-refractivity contribution < 1.29 is 19.7 Å². The molecule has 0 saturated heterocycles. The second-order valence-corrected chi connectivity index (χ2v) is 5.43. The SMILES string of the molecule is CC1Cc2c(c(O)c3c(c2C(N)CO)OC(C)C3)O1. The smallest absolute Gasteiger partial charge is 0.165 e. The number of fused-ring (bicyclic) bond motifs is 2. The van der Waals surface area contributed by atoms with Gasteiger partial charge in [-0.3, -0.25) is 0 Å². The second kappa shape index (κ2) is 4.28. The van der Waals surface area contributed by atoms with E-state index in [-0.39, 0.29) is 24.6 Å². The first-order chi connectivity index (χ1) is 9.02. The maximum Gasteiger partial charge on any atom is 0.165 e. The van der Waals surface area contributed by atoms with E-state index in [0.29, 0.717) is 24.3 Å². The molecule has 0 spiro atoms. The largest absolute Gasteiger partial charge is 0.504 e. The molecule has 1 aromatic carbocycles. The number of phenols is 1. The summed E-state index contributed by atoms with van der Waals surface area (Å²) in [6.45, 7) is 3.74. The standard InChI is InChI=1S/C14H19NO4/c1-6-3-8-11(10(15)5-16)13-9(4-7(2)18-13)12(17)14(8)19-6/h6-7,10,16-17H,3-5,15H2,1-2H3. The highest BCUT2D eigenvalue weighted by atomic mass is 16.5. The number of ether oxygens (including phenoxy) is 2. The molecule has 0 bridgehead atoms. The van der Waals surface area contributed by atoms with Gasteiger partial charge in [-0.2, -0.15) is 0 Å². The average molecular weight is 265 g/mol. The van der Waals surface area contributed by atoms with Crippen molar-refractivity contribution in [2.45, 2.75) is 44.9 Å². The molecule has 3 unspecified atom stereocenters. The molecule has 2 aliphatic heterocycles. The van der Waals surface area contributed by atoms with Gasteiger partial charge in [0.05, 0.1) is 12.6 Å². The maximum atomic E-state index is 10.3. The first kappa shape index (κ1) is 12.6. The Bertz CT molecular complexity index is 490. The van der Waals surface area contributed by atoms with Crippen molar-refractivity contribution in [1.82, 2.24) is 0 Å². The zero-order chi connectivity index (χ0) is 13.7. The lowest BCUT2D eigenvalue weighted by atomic mass is 9.93. The molecule has 1 aromatic rings. The summed E-state index contributed by atoms with van der Waals surface area (Å²) in [5, 5.41) is 19.7. The zero-order valence-electron chi connectivity index (χ0n) is 11.1. The molecular weight excluding hydrogens is 246 g/mol. The lowest BCUT2D eigenvalue weighted by Crippen LogP contribution is -2.18. The number of benzene rings is 1. The maximum absolute atomic E-state index is 10.3. The lowest BCUT2D eigenvalue weighted by Gasteiger charge is -2.18. The first-order valence-corrected chi connectivity index (χ1v) is 6.63. The summed E-state index contributed by atoms with van der Waals surface area (Å²) in [5.41, 5.74) is 8.43. The van der Waals surface area contributed by atoms with Crippen LogP contribution in [0, 0.1) is 0 Å². The lowest BCUT2D eigenvalue weighted by molar-refractivity contribution is 0.239. The number of rotatable bonds is 2. The topological polar surface area (TPSA) is 84.9 Å². The van der Waals surface area contributed by atoms with E-state index in [4.69, 9.17) is 15.2 Å². The molecule has 0 amide bonds. The molecule has 2 aliphatic rings. The molecule has 0 radical (unpaired) electrons. The van der Waals surface area contributed by atoms with Gasteiger partial charge < -0.3 is 25.4 Å². The monoisotopic (exact) mass is 265 g/mol. The fourth-order valence-electron chi connectivity index (χ4n) is 3.01. The third-order valence-electron chi connectivity index (χ3n) is 3.81. The summed E-state index contributed by atoms with van der Waals surface area (Å²) in [6, 6.07) is -0.512. The predicted molar refractivity (Wildman–Crippen MR) is 69.7 cm³/mol. The Morgan fingerprint density at radius 2 is 1.74 bits per heavy atom. The van der Waals surface area contributed by atoms with Crippen LogP contribution >= 0.6 is 0 Å². The summed E-state index contributed by atoms with van der Waals surface area (Å²) in [5.74, 6) is 1.33. The van der Waals surface area contributed by atoms with E-state index >= 15 is 0 Å². The summed E-state index contributed by atoms with van der Waals surface area (Å²) in [6.07, 6.45) is 1.32. The van der Waals surface area contributed by atoms with Crippen LogP contribution < -0.4 is 15.2 Å². The Morgan fingerprint density at radius 1 is 1.16 bits per heavy atom. The van der Waals surface area contributed by atoms with Gasteiger partial charge in [0.2, 0.25) is 0 Å². The minimum absolute atomic E-state index is 0.00509. The minimum atomic E-state index is -0.512. The number of hydrogen-bond donors (Lipinski definition) is 3. The highest BCUT2D eigenvalue weighted by Crippen LogP contribution is 2.51. The highest BCUT2D eigenvalue weighted by molar-refractivity contribution is 5.66. The van der Waals surface area contributed by atoms with Gasteiger partial charge in [-0.1, -0.05) is 0 Å². The Morgan fingerprint density at radius 3 is 2.37 bits per heavy atom. The number of aliphatic hydroxyl groups excluding tert-OH is 1. The summed E-state index contributed by atoms with van der Waals surface area (Å²) < 4.78 is 11.5. The predicted octanol–water partition coefficient (Wildman–Crippen LogP) is 1.03. The highest BCUT2D eigenvalue weighted by Gasteiger charge is 2.37. The van der Waals surface area contributed by atoms with Gasteiger partial charge in [0, 0.05) is 29.5 Å². The Labute approximate surface area is 111 Å². The molecule has 2 heterocycles.